The second-order valence-electron chi connectivity index (χ2n) is 7.97. The van der Waals surface area contributed by atoms with Crippen molar-refractivity contribution in [3.63, 3.8) is 0 Å². The molecule has 0 aromatic heterocycles. The van der Waals surface area contributed by atoms with E-state index in [0.29, 0.717) is 12.5 Å². The first-order valence-electron chi connectivity index (χ1n) is 10.8. The average Bonchev–Trinajstić information content (AvgIpc) is 3.38. The average molecular weight is 527 g/mol. The first-order chi connectivity index (χ1) is 14.0. The Hall–Kier alpha value is -1.84. The minimum absolute atomic E-state index is 0. The van der Waals surface area contributed by atoms with Crippen LogP contribution in [-0.2, 0) is 16.1 Å². The molecule has 1 aromatic carbocycles. The zero-order chi connectivity index (χ0) is 20.6. The van der Waals surface area contributed by atoms with Crippen molar-refractivity contribution in [3.8, 4) is 0 Å². The highest BCUT2D eigenvalue weighted by Gasteiger charge is 2.32. The number of hydrogen-bond donors (Lipinski definition) is 3. The number of hydrogen-bond acceptors (Lipinski definition) is 3. The number of carbonyl (C=O) groups is 2. The van der Waals surface area contributed by atoms with Crippen molar-refractivity contribution in [3.05, 3.63) is 29.8 Å². The number of benzene rings is 1. The van der Waals surface area contributed by atoms with E-state index >= 15 is 0 Å². The minimum atomic E-state index is -0.0846. The van der Waals surface area contributed by atoms with Gasteiger partial charge in [0.1, 0.15) is 0 Å². The van der Waals surface area contributed by atoms with Gasteiger partial charge in [0.2, 0.25) is 11.8 Å². The summed E-state index contributed by atoms with van der Waals surface area (Å²) in [7, 11) is 0. The third-order valence-electron chi connectivity index (χ3n) is 5.56. The van der Waals surface area contributed by atoms with Gasteiger partial charge in [-0.25, -0.2) is 4.99 Å². The maximum atomic E-state index is 12.6. The third kappa shape index (κ3) is 7.14. The summed E-state index contributed by atoms with van der Waals surface area (Å²) < 4.78 is 0. The van der Waals surface area contributed by atoms with Crippen molar-refractivity contribution >= 4 is 47.4 Å². The standard InChI is InChI=1S/C22H33N5O2.HI/c1-3-23-22(24-14-17-7-6-10-19(13-17)25-16(2)28)26-20-11-12-27(15-20)21(29)18-8-4-5-9-18;/h6-7,10,13,18,20H,3-5,8-9,11-12,14-15H2,1-2H3,(H,25,28)(H2,23,24,26);1H. The van der Waals surface area contributed by atoms with E-state index in [4.69, 9.17) is 4.99 Å². The lowest BCUT2D eigenvalue weighted by Gasteiger charge is -2.21. The van der Waals surface area contributed by atoms with E-state index in [2.05, 4.69) is 16.0 Å². The van der Waals surface area contributed by atoms with Gasteiger partial charge in [-0.2, -0.15) is 0 Å². The topological polar surface area (TPSA) is 85.8 Å². The molecule has 7 nitrogen and oxygen atoms in total. The second kappa shape index (κ2) is 12.1. The van der Waals surface area contributed by atoms with Gasteiger partial charge in [0.15, 0.2) is 5.96 Å². The van der Waals surface area contributed by atoms with Crippen LogP contribution in [0.5, 0.6) is 0 Å². The quantitative estimate of drug-likeness (QED) is 0.302. The highest BCUT2D eigenvalue weighted by Crippen LogP contribution is 2.27. The molecular formula is C22H34IN5O2. The third-order valence-corrected chi connectivity index (χ3v) is 5.56. The Morgan fingerprint density at radius 2 is 1.97 bits per heavy atom. The molecule has 3 N–H and O–H groups in total. The Labute approximate surface area is 196 Å². The lowest BCUT2D eigenvalue weighted by Crippen LogP contribution is -2.45. The van der Waals surface area contributed by atoms with Crippen LogP contribution < -0.4 is 16.0 Å². The van der Waals surface area contributed by atoms with Crippen molar-refractivity contribution < 1.29 is 9.59 Å². The van der Waals surface area contributed by atoms with Crippen LogP contribution in [0, 0.1) is 5.92 Å². The van der Waals surface area contributed by atoms with Gasteiger partial charge < -0.3 is 20.9 Å². The molecular weight excluding hydrogens is 493 g/mol. The molecule has 3 rings (SSSR count). The van der Waals surface area contributed by atoms with Crippen LogP contribution in [0.4, 0.5) is 5.69 Å². The van der Waals surface area contributed by atoms with Crippen molar-refractivity contribution in [1.82, 2.24) is 15.5 Å². The number of carbonyl (C=O) groups excluding carboxylic acids is 2. The fourth-order valence-corrected chi connectivity index (χ4v) is 4.14. The van der Waals surface area contributed by atoms with Crippen LogP contribution in [0.15, 0.2) is 29.3 Å². The first-order valence-corrected chi connectivity index (χ1v) is 10.8. The van der Waals surface area contributed by atoms with Gasteiger partial charge in [-0.3, -0.25) is 9.59 Å². The van der Waals surface area contributed by atoms with Crippen LogP contribution >= 0.6 is 24.0 Å². The van der Waals surface area contributed by atoms with Crippen LogP contribution in [0.25, 0.3) is 0 Å². The molecule has 2 amide bonds. The molecule has 8 heteroatoms. The van der Waals surface area contributed by atoms with E-state index in [-0.39, 0.29) is 41.8 Å². The monoisotopic (exact) mass is 527 g/mol. The summed E-state index contributed by atoms with van der Waals surface area (Å²) in [5.74, 6) is 1.26. The molecule has 2 aliphatic rings. The van der Waals surface area contributed by atoms with Crippen LogP contribution in [0.1, 0.15) is 51.5 Å². The van der Waals surface area contributed by atoms with Crippen molar-refractivity contribution in [1.29, 1.82) is 0 Å². The predicted molar refractivity (Wildman–Crippen MR) is 131 cm³/mol. The predicted octanol–water partition coefficient (Wildman–Crippen LogP) is 3.11. The van der Waals surface area contributed by atoms with E-state index < -0.39 is 0 Å². The van der Waals surface area contributed by atoms with Crippen LogP contribution in [0.3, 0.4) is 0 Å². The molecule has 30 heavy (non-hydrogen) atoms. The molecule has 1 heterocycles. The first kappa shape index (κ1) is 24.4. The number of rotatable bonds is 6. The van der Waals surface area contributed by atoms with Gasteiger partial charge >= 0.3 is 0 Å². The van der Waals surface area contributed by atoms with E-state index in [1.165, 1.54) is 19.8 Å². The number of guanidine groups is 1. The molecule has 1 aliphatic heterocycles. The number of amides is 2. The van der Waals surface area contributed by atoms with Gasteiger partial charge in [0.05, 0.1) is 6.54 Å². The maximum Gasteiger partial charge on any atom is 0.225 e. The normalized spacial score (nSPS) is 19.3. The fourth-order valence-electron chi connectivity index (χ4n) is 4.14. The summed E-state index contributed by atoms with van der Waals surface area (Å²) in [6, 6.07) is 7.94. The summed E-state index contributed by atoms with van der Waals surface area (Å²) in [6.45, 7) is 6.40. The smallest absolute Gasteiger partial charge is 0.225 e. The Kier molecular flexibility index (Phi) is 9.87. The number of halogens is 1. The fraction of sp³-hybridized carbons (Fsp3) is 0.591. The molecule has 1 aliphatic carbocycles. The van der Waals surface area contributed by atoms with Gasteiger partial charge in [-0.1, -0.05) is 25.0 Å². The number of nitrogens with zero attached hydrogens (tertiary/aromatic N) is 2. The summed E-state index contributed by atoms with van der Waals surface area (Å²) in [6.07, 6.45) is 5.42. The molecule has 166 valence electrons. The van der Waals surface area contributed by atoms with Gasteiger partial charge in [0.25, 0.3) is 0 Å². The van der Waals surface area contributed by atoms with Crippen molar-refractivity contribution in [2.45, 2.75) is 58.5 Å². The number of anilines is 1. The zero-order valence-electron chi connectivity index (χ0n) is 17.9. The Morgan fingerprint density at radius 3 is 2.67 bits per heavy atom. The van der Waals surface area contributed by atoms with Crippen molar-refractivity contribution in [2.24, 2.45) is 10.9 Å². The summed E-state index contributed by atoms with van der Waals surface area (Å²) in [5.41, 5.74) is 1.80. The largest absolute Gasteiger partial charge is 0.357 e. The summed E-state index contributed by atoms with van der Waals surface area (Å²) >= 11 is 0. The Morgan fingerprint density at radius 1 is 1.20 bits per heavy atom. The van der Waals surface area contributed by atoms with Crippen LogP contribution in [-0.4, -0.2) is 48.3 Å². The van der Waals surface area contributed by atoms with Crippen LogP contribution in [0.2, 0.25) is 0 Å². The number of likely N-dealkylation sites (tertiary alicyclic amines) is 1. The summed E-state index contributed by atoms with van der Waals surface area (Å²) in [4.78, 5) is 30.6. The molecule has 1 aromatic rings. The number of aliphatic imine (C=N–C) groups is 1. The molecule has 0 spiro atoms. The lowest BCUT2D eigenvalue weighted by atomic mass is 10.1. The highest BCUT2D eigenvalue weighted by molar-refractivity contribution is 14.0. The maximum absolute atomic E-state index is 12.6. The van der Waals surface area contributed by atoms with E-state index in [1.54, 1.807) is 0 Å². The van der Waals surface area contributed by atoms with Gasteiger partial charge in [-0.15, -0.1) is 24.0 Å². The SMILES string of the molecule is CCNC(=NCc1cccc(NC(C)=O)c1)NC1CCN(C(=O)C2CCCC2)C1.I. The Balaban J connectivity index is 0.00000320. The zero-order valence-corrected chi connectivity index (χ0v) is 20.3. The molecule has 1 atom stereocenters. The molecule has 0 bridgehead atoms. The molecule has 1 saturated carbocycles. The summed E-state index contributed by atoms with van der Waals surface area (Å²) in [5, 5.41) is 9.58. The second-order valence-corrected chi connectivity index (χ2v) is 7.97. The highest BCUT2D eigenvalue weighted by atomic mass is 127. The van der Waals surface area contributed by atoms with E-state index in [1.807, 2.05) is 36.1 Å². The van der Waals surface area contributed by atoms with E-state index in [9.17, 15) is 9.59 Å². The van der Waals surface area contributed by atoms with Gasteiger partial charge in [0, 0.05) is 44.2 Å². The number of nitrogens with one attached hydrogen (secondary N) is 3. The minimum Gasteiger partial charge on any atom is -0.357 e. The Bertz CT molecular complexity index is 749. The van der Waals surface area contributed by atoms with Crippen molar-refractivity contribution in [2.75, 3.05) is 25.0 Å². The van der Waals surface area contributed by atoms with E-state index in [0.717, 1.165) is 56.1 Å². The molecule has 0 radical (unpaired) electrons. The molecule has 2 fully saturated rings. The lowest BCUT2D eigenvalue weighted by molar-refractivity contribution is -0.134. The van der Waals surface area contributed by atoms with Gasteiger partial charge in [-0.05, 0) is 43.9 Å². The molecule has 1 unspecified atom stereocenters. The molecule has 1 saturated heterocycles.